The topological polar surface area (TPSA) is 29.5 Å². The summed E-state index contributed by atoms with van der Waals surface area (Å²) in [5.41, 5.74) is 0. The zero-order valence-corrected chi connectivity index (χ0v) is 10.9. The van der Waals surface area contributed by atoms with E-state index in [2.05, 4.69) is 0 Å². The van der Waals surface area contributed by atoms with E-state index < -0.39 is 5.82 Å². The van der Waals surface area contributed by atoms with Crippen LogP contribution in [-0.4, -0.2) is 30.0 Å². The molecule has 98 valence electrons. The molecule has 18 heavy (non-hydrogen) atoms. The Morgan fingerprint density at radius 3 is 2.89 bits per heavy atom. The van der Waals surface area contributed by atoms with Gasteiger partial charge in [0.2, 0.25) is 0 Å². The summed E-state index contributed by atoms with van der Waals surface area (Å²) in [4.78, 5) is 13.7. The molecule has 1 aromatic rings. The molecule has 2 rings (SSSR count). The predicted octanol–water partition coefficient (Wildman–Crippen LogP) is 2.87. The molecule has 0 aliphatic heterocycles. The summed E-state index contributed by atoms with van der Waals surface area (Å²) in [5, 5.41) is 0.304. The number of likely N-dealkylation sites (N-methyl/N-ethyl adjacent to an activating group) is 1. The van der Waals surface area contributed by atoms with Crippen molar-refractivity contribution in [2.75, 3.05) is 13.2 Å². The molecule has 0 heterocycles. The van der Waals surface area contributed by atoms with E-state index in [0.29, 0.717) is 17.6 Å². The lowest BCUT2D eigenvalue weighted by atomic mass is 10.3. The van der Waals surface area contributed by atoms with Gasteiger partial charge in [-0.3, -0.25) is 4.79 Å². The van der Waals surface area contributed by atoms with E-state index in [1.807, 2.05) is 6.92 Å². The fourth-order valence-corrected chi connectivity index (χ4v) is 2.01. The van der Waals surface area contributed by atoms with Gasteiger partial charge in [-0.15, -0.1) is 0 Å². The van der Waals surface area contributed by atoms with Crippen molar-refractivity contribution in [1.29, 1.82) is 0 Å². The monoisotopic (exact) mass is 271 g/mol. The van der Waals surface area contributed by atoms with E-state index in [9.17, 15) is 9.18 Å². The highest BCUT2D eigenvalue weighted by atomic mass is 35.5. The van der Waals surface area contributed by atoms with Gasteiger partial charge in [-0.25, -0.2) is 4.39 Å². The van der Waals surface area contributed by atoms with Crippen molar-refractivity contribution in [1.82, 2.24) is 4.90 Å². The van der Waals surface area contributed by atoms with Gasteiger partial charge in [0.1, 0.15) is 11.6 Å². The van der Waals surface area contributed by atoms with Crippen LogP contribution in [0.2, 0.25) is 5.02 Å². The van der Waals surface area contributed by atoms with Gasteiger partial charge >= 0.3 is 0 Å². The fourth-order valence-electron chi connectivity index (χ4n) is 1.83. The summed E-state index contributed by atoms with van der Waals surface area (Å²) in [6.45, 7) is 2.50. The summed E-state index contributed by atoms with van der Waals surface area (Å²) >= 11 is 5.85. The van der Waals surface area contributed by atoms with Gasteiger partial charge in [0.15, 0.2) is 6.61 Å². The fraction of sp³-hybridized carbons (Fsp3) is 0.462. The van der Waals surface area contributed by atoms with Crippen LogP contribution in [0, 0.1) is 5.82 Å². The van der Waals surface area contributed by atoms with Gasteiger partial charge in [-0.2, -0.15) is 0 Å². The highest BCUT2D eigenvalue weighted by Gasteiger charge is 2.31. The van der Waals surface area contributed by atoms with Crippen molar-refractivity contribution in [3.63, 3.8) is 0 Å². The number of hydrogen-bond acceptors (Lipinski definition) is 2. The van der Waals surface area contributed by atoms with Crippen molar-refractivity contribution in [2.24, 2.45) is 0 Å². The second-order valence-corrected chi connectivity index (χ2v) is 4.68. The molecular weight excluding hydrogens is 257 g/mol. The molecule has 1 saturated carbocycles. The second kappa shape index (κ2) is 5.57. The van der Waals surface area contributed by atoms with E-state index >= 15 is 0 Å². The van der Waals surface area contributed by atoms with Crippen molar-refractivity contribution < 1.29 is 13.9 Å². The van der Waals surface area contributed by atoms with Crippen molar-refractivity contribution >= 4 is 17.5 Å². The zero-order valence-electron chi connectivity index (χ0n) is 10.2. The number of ether oxygens (including phenoxy) is 1. The highest BCUT2D eigenvalue weighted by molar-refractivity contribution is 6.32. The summed E-state index contributed by atoms with van der Waals surface area (Å²) in [6.07, 6.45) is 2.11. The predicted molar refractivity (Wildman–Crippen MR) is 67.3 cm³/mol. The Morgan fingerprint density at radius 1 is 1.56 bits per heavy atom. The Balaban J connectivity index is 1.94. The first-order valence-corrected chi connectivity index (χ1v) is 6.37. The third-order valence-electron chi connectivity index (χ3n) is 2.89. The first-order valence-electron chi connectivity index (χ1n) is 5.99. The first kappa shape index (κ1) is 13.1. The lowest BCUT2D eigenvalue weighted by molar-refractivity contribution is -0.133. The number of amides is 1. The average Bonchev–Trinajstić information content (AvgIpc) is 3.16. The number of carbonyl (C=O) groups is 1. The molecule has 0 radical (unpaired) electrons. The molecule has 3 nitrogen and oxygen atoms in total. The van der Waals surface area contributed by atoms with E-state index in [1.165, 1.54) is 18.2 Å². The highest BCUT2D eigenvalue weighted by Crippen LogP contribution is 2.28. The van der Waals surface area contributed by atoms with Crippen LogP contribution in [0.4, 0.5) is 4.39 Å². The molecule has 5 heteroatoms. The first-order chi connectivity index (χ1) is 8.61. The molecule has 0 N–H and O–H groups in total. The molecule has 1 amide bonds. The lowest BCUT2D eigenvalue weighted by Crippen LogP contribution is -2.36. The summed E-state index contributed by atoms with van der Waals surface area (Å²) < 4.78 is 18.3. The molecular formula is C13H15ClFNO2. The van der Waals surface area contributed by atoms with Crippen molar-refractivity contribution in [3.05, 3.63) is 29.0 Å². The van der Waals surface area contributed by atoms with Crippen LogP contribution in [-0.2, 0) is 4.79 Å². The van der Waals surface area contributed by atoms with Gasteiger partial charge in [-0.1, -0.05) is 11.6 Å². The van der Waals surface area contributed by atoms with Crippen LogP contribution in [0.25, 0.3) is 0 Å². The van der Waals surface area contributed by atoms with Crippen LogP contribution in [0.5, 0.6) is 5.75 Å². The van der Waals surface area contributed by atoms with Crippen LogP contribution >= 0.6 is 11.6 Å². The maximum Gasteiger partial charge on any atom is 0.260 e. The normalized spacial score (nSPS) is 14.4. The van der Waals surface area contributed by atoms with Gasteiger partial charge in [0, 0.05) is 18.7 Å². The molecule has 0 saturated heterocycles. The number of nitrogens with zero attached hydrogens (tertiary/aromatic N) is 1. The van der Waals surface area contributed by atoms with Gasteiger partial charge < -0.3 is 9.64 Å². The average molecular weight is 272 g/mol. The molecule has 0 bridgehead atoms. The molecule has 0 aromatic heterocycles. The largest absolute Gasteiger partial charge is 0.482 e. The molecule has 1 aliphatic carbocycles. The molecule has 0 unspecified atom stereocenters. The number of benzene rings is 1. The molecule has 1 aliphatic rings. The molecule has 0 atom stereocenters. The number of carbonyl (C=O) groups excluding carboxylic acids is 1. The van der Waals surface area contributed by atoms with Gasteiger partial charge in [-0.05, 0) is 31.9 Å². The maximum atomic E-state index is 13.0. The summed E-state index contributed by atoms with van der Waals surface area (Å²) in [6, 6.07) is 4.20. The number of halogens is 2. The quantitative estimate of drug-likeness (QED) is 0.824. The van der Waals surface area contributed by atoms with Crippen LogP contribution in [0.15, 0.2) is 18.2 Å². The zero-order chi connectivity index (χ0) is 13.1. The van der Waals surface area contributed by atoms with Crippen molar-refractivity contribution in [3.8, 4) is 5.75 Å². The van der Waals surface area contributed by atoms with Crippen LogP contribution < -0.4 is 4.74 Å². The minimum atomic E-state index is -0.434. The number of rotatable bonds is 5. The molecule has 1 aromatic carbocycles. The Morgan fingerprint density at radius 2 is 2.28 bits per heavy atom. The van der Waals surface area contributed by atoms with E-state index in [-0.39, 0.29) is 18.3 Å². The second-order valence-electron chi connectivity index (χ2n) is 4.27. The lowest BCUT2D eigenvalue weighted by Gasteiger charge is -2.20. The Labute approximate surface area is 110 Å². The molecule has 0 spiro atoms. The third kappa shape index (κ3) is 3.13. The summed E-state index contributed by atoms with van der Waals surface area (Å²) in [5.74, 6) is -0.311. The molecule has 1 fully saturated rings. The van der Waals surface area contributed by atoms with Crippen LogP contribution in [0.3, 0.4) is 0 Å². The Kier molecular flexibility index (Phi) is 4.07. The van der Waals surface area contributed by atoms with E-state index in [4.69, 9.17) is 16.3 Å². The third-order valence-corrected chi connectivity index (χ3v) is 3.21. The number of hydrogen-bond donors (Lipinski definition) is 0. The maximum absolute atomic E-state index is 13.0. The minimum Gasteiger partial charge on any atom is -0.482 e. The van der Waals surface area contributed by atoms with Crippen LogP contribution in [0.1, 0.15) is 19.8 Å². The van der Waals surface area contributed by atoms with E-state index in [0.717, 1.165) is 12.8 Å². The van der Waals surface area contributed by atoms with Gasteiger partial charge in [0.25, 0.3) is 5.91 Å². The van der Waals surface area contributed by atoms with Gasteiger partial charge in [0.05, 0.1) is 5.02 Å². The van der Waals surface area contributed by atoms with Crippen molar-refractivity contribution in [2.45, 2.75) is 25.8 Å². The SMILES string of the molecule is CCN(C(=O)COc1cc(F)ccc1Cl)C1CC1. The Hall–Kier alpha value is -1.29. The Bertz CT molecular complexity index is 449. The minimum absolute atomic E-state index is 0.0830. The smallest absolute Gasteiger partial charge is 0.260 e. The van der Waals surface area contributed by atoms with E-state index in [1.54, 1.807) is 4.90 Å². The standard InChI is InChI=1S/C13H15ClFNO2/c1-2-16(10-4-5-10)13(17)8-18-12-7-9(15)3-6-11(12)14/h3,6-7,10H,2,4-5,8H2,1H3. The summed E-state index contributed by atoms with van der Waals surface area (Å²) in [7, 11) is 0.